The fraction of sp³-hybridized carbons (Fsp3) is 0.0476. The Balaban J connectivity index is 0.000000203. The van der Waals surface area contributed by atoms with Crippen molar-refractivity contribution in [1.82, 2.24) is 4.98 Å². The van der Waals surface area contributed by atoms with Gasteiger partial charge in [0.2, 0.25) is 0 Å². The molecule has 3 aromatic rings. The van der Waals surface area contributed by atoms with Crippen molar-refractivity contribution in [3.05, 3.63) is 86.9 Å². The molecule has 0 saturated heterocycles. The Hall–Kier alpha value is -1.92. The van der Waals surface area contributed by atoms with Crippen LogP contribution in [0.3, 0.4) is 0 Å². The SMILES string of the molecule is Nc1nc(/C=C/c2cccc(Cl)c2)cs1.O=C(/C=C/c1cccc(Cl)c1)CBr. The zero-order valence-electron chi connectivity index (χ0n) is 14.7. The summed E-state index contributed by atoms with van der Waals surface area (Å²) in [6, 6.07) is 15.0. The second-order valence-corrected chi connectivity index (χ2v) is 7.81. The zero-order chi connectivity index (χ0) is 20.4. The molecule has 1 heterocycles. The number of carbonyl (C=O) groups excluding carboxylic acids is 1. The maximum atomic E-state index is 10.9. The molecule has 0 radical (unpaired) electrons. The van der Waals surface area contributed by atoms with Gasteiger partial charge in [0.25, 0.3) is 0 Å². The van der Waals surface area contributed by atoms with E-state index in [0.717, 1.165) is 21.8 Å². The zero-order valence-corrected chi connectivity index (χ0v) is 18.6. The highest BCUT2D eigenvalue weighted by Gasteiger charge is 1.94. The number of carbonyl (C=O) groups is 1. The molecule has 3 nitrogen and oxygen atoms in total. The first kappa shape index (κ1) is 22.4. The molecule has 0 amide bonds. The van der Waals surface area contributed by atoms with Crippen LogP contribution in [0.1, 0.15) is 16.8 Å². The van der Waals surface area contributed by atoms with Gasteiger partial charge in [0.05, 0.1) is 11.0 Å². The predicted octanol–water partition coefficient (Wildman–Crippen LogP) is 6.87. The molecule has 0 unspecified atom stereocenters. The Kier molecular flexibility index (Phi) is 9.44. The summed E-state index contributed by atoms with van der Waals surface area (Å²) >= 11 is 16.1. The molecule has 2 aromatic carbocycles. The summed E-state index contributed by atoms with van der Waals surface area (Å²) in [5.74, 6) is 0.0416. The lowest BCUT2D eigenvalue weighted by Gasteiger charge is -1.92. The van der Waals surface area contributed by atoms with Gasteiger partial charge in [-0.1, -0.05) is 75.5 Å². The number of ketones is 1. The molecule has 0 aliphatic heterocycles. The average Bonchev–Trinajstić information content (AvgIpc) is 3.10. The number of alkyl halides is 1. The number of aromatic nitrogens is 1. The minimum atomic E-state index is 0.0416. The predicted molar refractivity (Wildman–Crippen MR) is 126 cm³/mol. The highest BCUT2D eigenvalue weighted by Crippen LogP contribution is 2.16. The number of benzene rings is 2. The van der Waals surface area contributed by atoms with Crippen LogP contribution in [0.15, 0.2) is 60.0 Å². The molecule has 0 saturated carbocycles. The second-order valence-electron chi connectivity index (χ2n) is 5.49. The number of nitrogens with zero attached hydrogens (tertiary/aromatic N) is 1. The number of allylic oxidation sites excluding steroid dienone is 1. The number of rotatable bonds is 5. The molecular formula is C21H17BrCl2N2OS. The van der Waals surface area contributed by atoms with E-state index in [1.807, 2.05) is 53.9 Å². The van der Waals surface area contributed by atoms with Crippen molar-refractivity contribution in [2.24, 2.45) is 0 Å². The quantitative estimate of drug-likeness (QED) is 0.310. The van der Waals surface area contributed by atoms with E-state index in [9.17, 15) is 4.79 Å². The number of hydrogen-bond donors (Lipinski definition) is 1. The maximum absolute atomic E-state index is 10.9. The Bertz CT molecular complexity index is 986. The molecule has 144 valence electrons. The summed E-state index contributed by atoms with van der Waals surface area (Å²) in [5.41, 5.74) is 8.38. The van der Waals surface area contributed by atoms with Crippen LogP contribution in [0.2, 0.25) is 10.0 Å². The third-order valence-electron chi connectivity index (χ3n) is 3.28. The smallest absolute Gasteiger partial charge is 0.180 e. The van der Waals surface area contributed by atoms with Crippen LogP contribution in [0.4, 0.5) is 5.13 Å². The highest BCUT2D eigenvalue weighted by molar-refractivity contribution is 9.09. The summed E-state index contributed by atoms with van der Waals surface area (Å²) in [4.78, 5) is 15.0. The minimum Gasteiger partial charge on any atom is -0.375 e. The lowest BCUT2D eigenvalue weighted by molar-refractivity contribution is -0.112. The molecule has 28 heavy (non-hydrogen) atoms. The lowest BCUT2D eigenvalue weighted by Crippen LogP contribution is -1.90. The number of anilines is 1. The Morgan fingerprint density at radius 3 is 2.14 bits per heavy atom. The van der Waals surface area contributed by atoms with Crippen molar-refractivity contribution in [3.8, 4) is 0 Å². The van der Waals surface area contributed by atoms with E-state index in [-0.39, 0.29) is 5.78 Å². The first-order chi connectivity index (χ1) is 13.5. The van der Waals surface area contributed by atoms with Crippen LogP contribution in [-0.2, 0) is 4.79 Å². The fourth-order valence-electron chi connectivity index (χ4n) is 2.01. The molecule has 0 bridgehead atoms. The maximum Gasteiger partial charge on any atom is 0.180 e. The van der Waals surface area contributed by atoms with Crippen molar-refractivity contribution in [2.45, 2.75) is 0 Å². The molecule has 0 fully saturated rings. The van der Waals surface area contributed by atoms with Gasteiger partial charge in [0, 0.05) is 15.4 Å². The monoisotopic (exact) mass is 494 g/mol. The van der Waals surface area contributed by atoms with Crippen molar-refractivity contribution < 1.29 is 4.79 Å². The van der Waals surface area contributed by atoms with Crippen LogP contribution < -0.4 is 5.73 Å². The molecule has 0 atom stereocenters. The Morgan fingerprint density at radius 1 is 1.04 bits per heavy atom. The molecule has 7 heteroatoms. The largest absolute Gasteiger partial charge is 0.375 e. The van der Waals surface area contributed by atoms with Crippen molar-refractivity contribution >= 4 is 79.6 Å². The van der Waals surface area contributed by atoms with Crippen molar-refractivity contribution in [1.29, 1.82) is 0 Å². The van der Waals surface area contributed by atoms with Crippen LogP contribution in [-0.4, -0.2) is 16.1 Å². The molecule has 0 aliphatic rings. The number of thiazole rings is 1. The molecule has 1 aromatic heterocycles. The van der Waals surface area contributed by atoms with Crippen LogP contribution in [0.25, 0.3) is 18.2 Å². The summed E-state index contributed by atoms with van der Waals surface area (Å²) in [7, 11) is 0. The number of nitrogens with two attached hydrogens (primary N) is 1. The molecule has 2 N–H and O–H groups in total. The third-order valence-corrected chi connectivity index (χ3v) is 4.99. The minimum absolute atomic E-state index is 0.0416. The van der Waals surface area contributed by atoms with E-state index in [1.54, 1.807) is 18.2 Å². The van der Waals surface area contributed by atoms with Gasteiger partial charge in [-0.25, -0.2) is 4.98 Å². The average molecular weight is 496 g/mol. The van der Waals surface area contributed by atoms with E-state index in [0.29, 0.717) is 15.5 Å². The van der Waals surface area contributed by atoms with E-state index < -0.39 is 0 Å². The van der Waals surface area contributed by atoms with Crippen molar-refractivity contribution in [2.75, 3.05) is 11.1 Å². The summed E-state index contributed by atoms with van der Waals surface area (Å²) in [6.07, 6.45) is 7.15. The van der Waals surface area contributed by atoms with Gasteiger partial charge in [0.1, 0.15) is 0 Å². The van der Waals surface area contributed by atoms with Gasteiger partial charge in [0.15, 0.2) is 10.9 Å². The number of nitrogen functional groups attached to an aromatic ring is 1. The Morgan fingerprint density at radius 2 is 1.64 bits per heavy atom. The first-order valence-electron chi connectivity index (χ1n) is 8.13. The number of halogens is 3. The second kappa shape index (κ2) is 11.8. The van der Waals surface area contributed by atoms with Gasteiger partial charge in [-0.2, -0.15) is 0 Å². The van der Waals surface area contributed by atoms with Crippen LogP contribution in [0, 0.1) is 0 Å². The third kappa shape index (κ3) is 8.40. The van der Waals surface area contributed by atoms with Crippen LogP contribution in [0.5, 0.6) is 0 Å². The molecule has 0 spiro atoms. The fourth-order valence-corrected chi connectivity index (χ4v) is 3.13. The first-order valence-corrected chi connectivity index (χ1v) is 10.9. The van der Waals surface area contributed by atoms with E-state index in [1.165, 1.54) is 17.4 Å². The Labute approximate surface area is 186 Å². The topological polar surface area (TPSA) is 56.0 Å². The van der Waals surface area contributed by atoms with E-state index in [4.69, 9.17) is 28.9 Å². The lowest BCUT2D eigenvalue weighted by atomic mass is 10.2. The van der Waals surface area contributed by atoms with E-state index in [2.05, 4.69) is 20.9 Å². The van der Waals surface area contributed by atoms with Gasteiger partial charge < -0.3 is 5.73 Å². The standard InChI is InChI=1S/C11H9ClN2S.C10H8BrClO/c12-9-3-1-2-8(6-9)4-5-10-7-15-11(13)14-10;11-7-10(13)5-4-8-2-1-3-9(12)6-8/h1-7H,(H2,13,14);1-6H,7H2/b2*5-4+. The highest BCUT2D eigenvalue weighted by atomic mass is 79.9. The van der Waals surface area contributed by atoms with Gasteiger partial charge >= 0.3 is 0 Å². The summed E-state index contributed by atoms with van der Waals surface area (Å²) in [6.45, 7) is 0. The summed E-state index contributed by atoms with van der Waals surface area (Å²) in [5, 5.41) is 4.25. The molecular weight excluding hydrogens is 479 g/mol. The van der Waals surface area contributed by atoms with Crippen LogP contribution >= 0.6 is 50.5 Å². The van der Waals surface area contributed by atoms with E-state index >= 15 is 0 Å². The van der Waals surface area contributed by atoms with Crippen molar-refractivity contribution in [3.63, 3.8) is 0 Å². The normalized spacial score (nSPS) is 10.8. The van der Waals surface area contributed by atoms with Gasteiger partial charge in [-0.15, -0.1) is 11.3 Å². The molecule has 3 rings (SSSR count). The van der Waals surface area contributed by atoms with Gasteiger partial charge in [-0.3, -0.25) is 4.79 Å². The number of hydrogen-bond acceptors (Lipinski definition) is 4. The van der Waals surface area contributed by atoms with Gasteiger partial charge in [-0.05, 0) is 47.5 Å². The molecule has 0 aliphatic carbocycles. The summed E-state index contributed by atoms with van der Waals surface area (Å²) < 4.78 is 0.